The maximum absolute atomic E-state index is 14.6. The first-order valence-corrected chi connectivity index (χ1v) is 8.67. The van der Waals surface area contributed by atoms with Crippen LogP contribution in [0.2, 0.25) is 0 Å². The molecule has 1 aliphatic heterocycles. The molecule has 0 saturated heterocycles. The summed E-state index contributed by atoms with van der Waals surface area (Å²) in [5, 5.41) is 9.58. The summed E-state index contributed by atoms with van der Waals surface area (Å²) in [7, 11) is 0. The molecule has 1 aromatic carbocycles. The molecule has 3 rings (SSSR count). The number of nitrogens with two attached hydrogens (primary N) is 1. The fraction of sp³-hybridized carbons (Fsp3) is 0.333. The normalized spacial score (nSPS) is 20.2. The summed E-state index contributed by atoms with van der Waals surface area (Å²) in [6.07, 6.45) is -0.500. The van der Waals surface area contributed by atoms with Gasteiger partial charge >= 0.3 is 12.0 Å². The lowest BCUT2D eigenvalue weighted by atomic mass is 9.85. The molecule has 0 aliphatic carbocycles. The van der Waals surface area contributed by atoms with Gasteiger partial charge in [-0.05, 0) is 25.1 Å². The lowest BCUT2D eigenvalue weighted by Gasteiger charge is -2.37. The number of halogens is 3. The van der Waals surface area contributed by atoms with E-state index in [1.807, 2.05) is 0 Å². The van der Waals surface area contributed by atoms with E-state index < -0.39 is 47.5 Å². The number of aliphatic imine (C=N–C) groups is 1. The van der Waals surface area contributed by atoms with Crippen molar-refractivity contribution in [2.24, 2.45) is 10.7 Å². The number of oxazole rings is 1. The second-order valence-corrected chi connectivity index (χ2v) is 6.58. The zero-order valence-corrected chi connectivity index (χ0v) is 15.9. The van der Waals surface area contributed by atoms with Crippen molar-refractivity contribution in [3.8, 4) is 0 Å². The van der Waals surface area contributed by atoms with Crippen molar-refractivity contribution < 1.29 is 37.0 Å². The number of anilines is 1. The minimum Gasteiger partial charge on any atom is -0.464 e. The highest BCUT2D eigenvalue weighted by Crippen LogP contribution is 2.45. The molecule has 0 unspecified atom stereocenters. The summed E-state index contributed by atoms with van der Waals surface area (Å²) >= 11 is 0. The van der Waals surface area contributed by atoms with Crippen LogP contribution in [0.25, 0.3) is 0 Å². The number of amidine groups is 1. The third-order valence-electron chi connectivity index (χ3n) is 4.74. The van der Waals surface area contributed by atoms with Gasteiger partial charge in [-0.1, -0.05) is 6.92 Å². The van der Waals surface area contributed by atoms with Gasteiger partial charge < -0.3 is 20.0 Å². The summed E-state index contributed by atoms with van der Waals surface area (Å²) < 4.78 is 53.3. The molecule has 160 valence electrons. The molecule has 30 heavy (non-hydrogen) atoms. The standard InChI is InChI=1S/C18H17F3N4O5/c1-3-12-13(23-8-30-12)14(26)25(16(27)28)9-4-5-11(19)10(6-9)17(2)18(20,21)7-29-15(22)24-17/h4-6,8H,3,7H2,1-2H3,(H2,22,24)(H,27,28)/t17-/m1/s1. The average molecular weight is 426 g/mol. The van der Waals surface area contributed by atoms with Crippen LogP contribution in [0, 0.1) is 5.82 Å². The van der Waals surface area contributed by atoms with Crippen LogP contribution in [-0.2, 0) is 16.7 Å². The second kappa shape index (κ2) is 7.35. The number of ether oxygens (including phenoxy) is 1. The van der Waals surface area contributed by atoms with Crippen LogP contribution in [0.15, 0.2) is 34.0 Å². The van der Waals surface area contributed by atoms with Crippen molar-refractivity contribution in [2.75, 3.05) is 11.5 Å². The van der Waals surface area contributed by atoms with Gasteiger partial charge in [0.1, 0.15) is 11.6 Å². The first kappa shape index (κ1) is 21.1. The molecule has 1 atom stereocenters. The highest BCUT2D eigenvalue weighted by atomic mass is 19.3. The largest absolute Gasteiger partial charge is 0.464 e. The molecule has 12 heteroatoms. The van der Waals surface area contributed by atoms with E-state index in [1.165, 1.54) is 0 Å². The van der Waals surface area contributed by atoms with Crippen LogP contribution in [0.1, 0.15) is 35.7 Å². The molecule has 0 radical (unpaired) electrons. The third-order valence-corrected chi connectivity index (χ3v) is 4.74. The van der Waals surface area contributed by atoms with Gasteiger partial charge in [-0.3, -0.25) is 4.79 Å². The number of nitrogens with zero attached hydrogens (tertiary/aromatic N) is 3. The van der Waals surface area contributed by atoms with E-state index in [4.69, 9.17) is 10.2 Å². The number of carbonyl (C=O) groups is 2. The lowest BCUT2D eigenvalue weighted by Crippen LogP contribution is -2.51. The maximum atomic E-state index is 14.6. The smallest absolute Gasteiger partial charge is 0.419 e. The summed E-state index contributed by atoms with van der Waals surface area (Å²) in [4.78, 5) is 32.1. The number of hydrogen-bond acceptors (Lipinski definition) is 7. The number of rotatable bonds is 4. The average Bonchev–Trinajstić information content (AvgIpc) is 3.15. The molecule has 0 spiro atoms. The fourth-order valence-corrected chi connectivity index (χ4v) is 3.04. The van der Waals surface area contributed by atoms with E-state index >= 15 is 0 Å². The predicted molar refractivity (Wildman–Crippen MR) is 97.0 cm³/mol. The number of amides is 2. The number of benzene rings is 1. The third kappa shape index (κ3) is 3.33. The van der Waals surface area contributed by atoms with Crippen molar-refractivity contribution in [1.29, 1.82) is 0 Å². The maximum Gasteiger partial charge on any atom is 0.419 e. The number of alkyl halides is 2. The Morgan fingerprint density at radius 2 is 2.07 bits per heavy atom. The van der Waals surface area contributed by atoms with E-state index in [9.17, 15) is 27.9 Å². The molecule has 1 aromatic heterocycles. The molecule has 2 heterocycles. The van der Waals surface area contributed by atoms with Gasteiger partial charge in [-0.2, -0.15) is 8.78 Å². The number of aromatic nitrogens is 1. The number of carbonyl (C=O) groups excluding carboxylic acids is 1. The first-order chi connectivity index (χ1) is 14.0. The Labute approximate surface area is 168 Å². The van der Waals surface area contributed by atoms with Crippen LogP contribution < -0.4 is 10.6 Å². The van der Waals surface area contributed by atoms with Crippen molar-refractivity contribution in [2.45, 2.75) is 31.7 Å². The van der Waals surface area contributed by atoms with Crippen molar-refractivity contribution in [3.63, 3.8) is 0 Å². The summed E-state index contributed by atoms with van der Waals surface area (Å²) in [6.45, 7) is 1.45. The van der Waals surface area contributed by atoms with E-state index in [2.05, 4.69) is 14.7 Å². The minimum atomic E-state index is -3.67. The topological polar surface area (TPSA) is 131 Å². The molecule has 3 N–H and O–H groups in total. The predicted octanol–water partition coefficient (Wildman–Crippen LogP) is 2.90. The Morgan fingerprint density at radius 3 is 2.70 bits per heavy atom. The monoisotopic (exact) mass is 426 g/mol. The van der Waals surface area contributed by atoms with E-state index in [0.29, 0.717) is 0 Å². The first-order valence-electron chi connectivity index (χ1n) is 8.67. The summed E-state index contributed by atoms with van der Waals surface area (Å²) in [6, 6.07) is 1.96. The van der Waals surface area contributed by atoms with Crippen LogP contribution in [0.5, 0.6) is 0 Å². The highest BCUT2D eigenvalue weighted by Gasteiger charge is 2.56. The Hall–Kier alpha value is -3.57. The number of aryl methyl sites for hydroxylation is 1. The van der Waals surface area contributed by atoms with Gasteiger partial charge in [0.2, 0.25) is 0 Å². The highest BCUT2D eigenvalue weighted by molar-refractivity contribution is 6.18. The van der Waals surface area contributed by atoms with Crippen LogP contribution in [-0.4, -0.2) is 40.6 Å². The van der Waals surface area contributed by atoms with Gasteiger partial charge in [0.15, 0.2) is 24.2 Å². The Balaban J connectivity index is 2.14. The van der Waals surface area contributed by atoms with Crippen molar-refractivity contribution in [3.05, 3.63) is 47.4 Å². The molecule has 1 aliphatic rings. The number of imide groups is 1. The Kier molecular flexibility index (Phi) is 5.18. The Bertz CT molecular complexity index is 1040. The molecular weight excluding hydrogens is 409 g/mol. The Morgan fingerprint density at radius 1 is 1.37 bits per heavy atom. The summed E-state index contributed by atoms with van der Waals surface area (Å²) in [5.41, 5.74) is 1.60. The van der Waals surface area contributed by atoms with Gasteiger partial charge in [-0.15, -0.1) is 0 Å². The fourth-order valence-electron chi connectivity index (χ4n) is 3.04. The molecule has 0 fully saturated rings. The van der Waals surface area contributed by atoms with E-state index in [1.54, 1.807) is 6.92 Å². The molecule has 2 aromatic rings. The van der Waals surface area contributed by atoms with Crippen molar-refractivity contribution >= 4 is 23.7 Å². The quantitative estimate of drug-likeness (QED) is 0.768. The molecule has 2 amide bonds. The van der Waals surface area contributed by atoms with Crippen molar-refractivity contribution in [1.82, 2.24) is 4.98 Å². The molecule has 0 saturated carbocycles. The summed E-state index contributed by atoms with van der Waals surface area (Å²) in [5.74, 6) is -5.71. The lowest BCUT2D eigenvalue weighted by molar-refractivity contribution is -0.117. The van der Waals surface area contributed by atoms with Gasteiger partial charge in [0.05, 0.1) is 5.69 Å². The molecule has 9 nitrogen and oxygen atoms in total. The van der Waals surface area contributed by atoms with E-state index in [-0.39, 0.29) is 28.5 Å². The second-order valence-electron chi connectivity index (χ2n) is 6.58. The zero-order chi connectivity index (χ0) is 22.3. The number of hydrogen-bond donors (Lipinski definition) is 2. The SMILES string of the molecule is CCc1ocnc1C(=O)N(C(=O)O)c1ccc(F)c([C@@]2(C)N=C(N)OCC2(F)F)c1. The minimum absolute atomic E-state index is 0.133. The van der Waals surface area contributed by atoms with Crippen LogP contribution in [0.4, 0.5) is 23.7 Å². The number of carboxylic acid groups (broad SMARTS) is 1. The van der Waals surface area contributed by atoms with E-state index in [0.717, 1.165) is 31.5 Å². The van der Waals surface area contributed by atoms with Gasteiger partial charge in [-0.25, -0.2) is 24.1 Å². The van der Waals surface area contributed by atoms with Crippen LogP contribution >= 0.6 is 0 Å². The molecular formula is C18H17F3N4O5. The van der Waals surface area contributed by atoms with Gasteiger partial charge in [0.25, 0.3) is 11.9 Å². The van der Waals surface area contributed by atoms with Crippen LogP contribution in [0.3, 0.4) is 0 Å². The molecule has 0 bridgehead atoms. The zero-order valence-electron chi connectivity index (χ0n) is 15.9. The van der Waals surface area contributed by atoms with Gasteiger partial charge in [0, 0.05) is 12.0 Å².